The highest BCUT2D eigenvalue weighted by atomic mass is 16.2. The molecule has 4 heteroatoms. The molecule has 1 saturated heterocycles. The van der Waals surface area contributed by atoms with Gasteiger partial charge in [-0.15, -0.1) is 0 Å². The molecule has 1 aliphatic heterocycles. The summed E-state index contributed by atoms with van der Waals surface area (Å²) < 4.78 is 0. The van der Waals surface area contributed by atoms with Crippen molar-refractivity contribution < 1.29 is 4.79 Å². The summed E-state index contributed by atoms with van der Waals surface area (Å²) in [5, 5.41) is 0. The lowest BCUT2D eigenvalue weighted by molar-refractivity contribution is -0.137. The average molecular weight is 275 g/mol. The van der Waals surface area contributed by atoms with Gasteiger partial charge in [0.25, 0.3) is 0 Å². The van der Waals surface area contributed by atoms with Crippen molar-refractivity contribution in [3.63, 3.8) is 0 Å². The number of nitrogens with two attached hydrogens (primary N) is 1. The third-order valence-electron chi connectivity index (χ3n) is 4.14. The number of rotatable bonds is 4. The lowest BCUT2D eigenvalue weighted by Crippen LogP contribution is -2.50. The van der Waals surface area contributed by atoms with E-state index in [0.29, 0.717) is 0 Å². The summed E-state index contributed by atoms with van der Waals surface area (Å²) in [5.74, 6) is 0.218. The van der Waals surface area contributed by atoms with Gasteiger partial charge in [-0.05, 0) is 32.4 Å². The number of hydrogen-bond donors (Lipinski definition) is 1. The molecule has 2 N–H and O–H groups in total. The Balaban J connectivity index is 1.89. The first kappa shape index (κ1) is 15.0. The molecule has 0 spiro atoms. The largest absolute Gasteiger partial charge is 0.341 e. The normalized spacial score (nSPS) is 18.3. The van der Waals surface area contributed by atoms with Crippen LogP contribution in [0.5, 0.6) is 0 Å². The van der Waals surface area contributed by atoms with Crippen LogP contribution >= 0.6 is 0 Å². The highest BCUT2D eigenvalue weighted by Crippen LogP contribution is 2.13. The van der Waals surface area contributed by atoms with Crippen molar-refractivity contribution in [2.24, 2.45) is 5.73 Å². The fraction of sp³-hybridized carbons (Fsp3) is 0.562. The van der Waals surface area contributed by atoms with Gasteiger partial charge in [0.15, 0.2) is 0 Å². The van der Waals surface area contributed by atoms with E-state index in [4.69, 9.17) is 5.73 Å². The molecule has 110 valence electrons. The summed E-state index contributed by atoms with van der Waals surface area (Å²) in [6.45, 7) is 4.37. The maximum absolute atomic E-state index is 12.5. The van der Waals surface area contributed by atoms with Gasteiger partial charge in [0.05, 0.1) is 6.04 Å². The standard InChI is InChI=1S/C16H25N3O/c1-13(16(20)19-10-8-15(17)9-11-19)18(2)12-14-6-4-3-5-7-14/h3-7,13,15H,8-12,17H2,1-2H3. The molecule has 1 atom stereocenters. The third kappa shape index (κ3) is 3.81. The van der Waals surface area contributed by atoms with E-state index in [1.807, 2.05) is 37.1 Å². The van der Waals surface area contributed by atoms with Gasteiger partial charge < -0.3 is 10.6 Å². The molecular weight excluding hydrogens is 250 g/mol. The number of amides is 1. The van der Waals surface area contributed by atoms with E-state index in [-0.39, 0.29) is 18.0 Å². The molecule has 0 radical (unpaired) electrons. The van der Waals surface area contributed by atoms with E-state index in [9.17, 15) is 4.79 Å². The van der Waals surface area contributed by atoms with E-state index in [1.165, 1.54) is 5.56 Å². The molecule has 1 heterocycles. The van der Waals surface area contributed by atoms with Gasteiger partial charge in [-0.2, -0.15) is 0 Å². The number of likely N-dealkylation sites (tertiary alicyclic amines) is 1. The number of carbonyl (C=O) groups is 1. The van der Waals surface area contributed by atoms with Crippen molar-refractivity contribution >= 4 is 5.91 Å². The zero-order valence-electron chi connectivity index (χ0n) is 12.5. The van der Waals surface area contributed by atoms with Crippen LogP contribution in [0.15, 0.2) is 30.3 Å². The lowest BCUT2D eigenvalue weighted by atomic mass is 10.1. The van der Waals surface area contributed by atoms with Crippen LogP contribution < -0.4 is 5.73 Å². The molecule has 0 saturated carbocycles. The maximum Gasteiger partial charge on any atom is 0.239 e. The summed E-state index contributed by atoms with van der Waals surface area (Å²) in [6, 6.07) is 10.4. The van der Waals surface area contributed by atoms with Crippen molar-refractivity contribution in [2.45, 2.75) is 38.4 Å². The van der Waals surface area contributed by atoms with Crippen LogP contribution in [-0.2, 0) is 11.3 Å². The average Bonchev–Trinajstić information content (AvgIpc) is 2.47. The Bertz CT molecular complexity index is 427. The van der Waals surface area contributed by atoms with Gasteiger partial charge in [0.2, 0.25) is 5.91 Å². The molecule has 1 amide bonds. The van der Waals surface area contributed by atoms with E-state index < -0.39 is 0 Å². The summed E-state index contributed by atoms with van der Waals surface area (Å²) in [7, 11) is 2.01. The topological polar surface area (TPSA) is 49.6 Å². The van der Waals surface area contributed by atoms with Gasteiger partial charge in [-0.1, -0.05) is 30.3 Å². The number of likely N-dealkylation sites (N-methyl/N-ethyl adjacent to an activating group) is 1. The van der Waals surface area contributed by atoms with Crippen molar-refractivity contribution in [2.75, 3.05) is 20.1 Å². The molecule has 1 aromatic rings. The minimum atomic E-state index is -0.0930. The number of nitrogens with zero attached hydrogens (tertiary/aromatic N) is 2. The van der Waals surface area contributed by atoms with Crippen molar-refractivity contribution in [1.29, 1.82) is 0 Å². The number of piperidine rings is 1. The highest BCUT2D eigenvalue weighted by Gasteiger charge is 2.26. The summed E-state index contributed by atoms with van der Waals surface area (Å²) in [5.41, 5.74) is 7.12. The molecular formula is C16H25N3O. The first-order valence-electron chi connectivity index (χ1n) is 7.36. The molecule has 2 rings (SSSR count). The van der Waals surface area contributed by atoms with Crippen molar-refractivity contribution in [3.8, 4) is 0 Å². The number of hydrogen-bond acceptors (Lipinski definition) is 3. The SMILES string of the molecule is CC(C(=O)N1CCC(N)CC1)N(C)Cc1ccccc1. The lowest BCUT2D eigenvalue weighted by Gasteiger charge is -2.34. The van der Waals surface area contributed by atoms with Crippen LogP contribution in [0.1, 0.15) is 25.3 Å². The molecule has 0 bridgehead atoms. The molecule has 1 aromatic carbocycles. The Kier molecular flexibility index (Phi) is 5.15. The van der Waals surface area contributed by atoms with E-state index >= 15 is 0 Å². The zero-order chi connectivity index (χ0) is 14.5. The summed E-state index contributed by atoms with van der Waals surface area (Å²) in [4.78, 5) is 16.5. The maximum atomic E-state index is 12.5. The van der Waals surface area contributed by atoms with E-state index in [0.717, 1.165) is 32.5 Å². The van der Waals surface area contributed by atoms with Crippen molar-refractivity contribution in [1.82, 2.24) is 9.80 Å². The summed E-state index contributed by atoms with van der Waals surface area (Å²) >= 11 is 0. The number of carbonyl (C=O) groups excluding carboxylic acids is 1. The summed E-state index contributed by atoms with van der Waals surface area (Å²) in [6.07, 6.45) is 1.84. The highest BCUT2D eigenvalue weighted by molar-refractivity contribution is 5.81. The van der Waals surface area contributed by atoms with Crippen LogP contribution in [-0.4, -0.2) is 47.9 Å². The minimum Gasteiger partial charge on any atom is -0.341 e. The zero-order valence-corrected chi connectivity index (χ0v) is 12.5. The molecule has 1 unspecified atom stereocenters. The third-order valence-corrected chi connectivity index (χ3v) is 4.14. The molecule has 1 aliphatic rings. The Morgan fingerprint density at radius 3 is 2.55 bits per heavy atom. The second-order valence-corrected chi connectivity index (χ2v) is 5.74. The van der Waals surface area contributed by atoms with Gasteiger partial charge >= 0.3 is 0 Å². The fourth-order valence-corrected chi connectivity index (χ4v) is 2.58. The van der Waals surface area contributed by atoms with Gasteiger partial charge in [-0.3, -0.25) is 9.69 Å². The Hall–Kier alpha value is -1.39. The first-order valence-corrected chi connectivity index (χ1v) is 7.36. The second-order valence-electron chi connectivity index (χ2n) is 5.74. The molecule has 1 fully saturated rings. The molecule has 20 heavy (non-hydrogen) atoms. The van der Waals surface area contributed by atoms with E-state index in [2.05, 4.69) is 17.0 Å². The quantitative estimate of drug-likeness (QED) is 0.905. The van der Waals surface area contributed by atoms with Gasteiger partial charge in [0.1, 0.15) is 0 Å². The van der Waals surface area contributed by atoms with Gasteiger partial charge in [0, 0.05) is 25.7 Å². The minimum absolute atomic E-state index is 0.0930. The van der Waals surface area contributed by atoms with E-state index in [1.54, 1.807) is 0 Å². The smallest absolute Gasteiger partial charge is 0.239 e. The molecule has 0 aromatic heterocycles. The van der Waals surface area contributed by atoms with Crippen molar-refractivity contribution in [3.05, 3.63) is 35.9 Å². The Morgan fingerprint density at radius 2 is 1.95 bits per heavy atom. The molecule has 4 nitrogen and oxygen atoms in total. The first-order chi connectivity index (χ1) is 9.58. The molecule has 0 aliphatic carbocycles. The van der Waals surface area contributed by atoms with Gasteiger partial charge in [-0.25, -0.2) is 0 Å². The second kappa shape index (κ2) is 6.86. The Labute approximate surface area is 121 Å². The predicted octanol–water partition coefficient (Wildman–Crippen LogP) is 1.46. The van der Waals surface area contributed by atoms with Crippen LogP contribution in [0, 0.1) is 0 Å². The van der Waals surface area contributed by atoms with Crippen LogP contribution in [0.3, 0.4) is 0 Å². The van der Waals surface area contributed by atoms with Crippen LogP contribution in [0.2, 0.25) is 0 Å². The fourth-order valence-electron chi connectivity index (χ4n) is 2.58. The van der Waals surface area contributed by atoms with Crippen LogP contribution in [0.4, 0.5) is 0 Å². The number of benzene rings is 1. The van der Waals surface area contributed by atoms with Crippen LogP contribution in [0.25, 0.3) is 0 Å². The predicted molar refractivity (Wildman–Crippen MR) is 81.2 cm³/mol. The monoisotopic (exact) mass is 275 g/mol. The Morgan fingerprint density at radius 1 is 1.35 bits per heavy atom.